The van der Waals surface area contributed by atoms with Crippen LogP contribution in [-0.4, -0.2) is 16.6 Å². The summed E-state index contributed by atoms with van der Waals surface area (Å²) in [6.45, 7) is 5.54. The van der Waals surface area contributed by atoms with Gasteiger partial charge in [0.15, 0.2) is 6.10 Å². The third kappa shape index (κ3) is 2.88. The number of aliphatic hydroxyl groups excluding tert-OH is 1. The van der Waals surface area contributed by atoms with Crippen LogP contribution in [0.4, 0.5) is 0 Å². The lowest BCUT2D eigenvalue weighted by Gasteiger charge is -2.21. The summed E-state index contributed by atoms with van der Waals surface area (Å²) in [5, 5.41) is 12.2. The van der Waals surface area contributed by atoms with E-state index in [-0.39, 0.29) is 11.3 Å². The van der Waals surface area contributed by atoms with E-state index in [1.54, 1.807) is 12.1 Å². The summed E-state index contributed by atoms with van der Waals surface area (Å²) in [6, 6.07) is 3.19. The fourth-order valence-corrected chi connectivity index (χ4v) is 1.01. The Labute approximate surface area is 82.9 Å². The van der Waals surface area contributed by atoms with Gasteiger partial charge in [-0.2, -0.15) is 0 Å². The van der Waals surface area contributed by atoms with E-state index >= 15 is 0 Å². The molecule has 14 heavy (non-hydrogen) atoms. The summed E-state index contributed by atoms with van der Waals surface area (Å²) >= 11 is 0. The van der Waals surface area contributed by atoms with E-state index in [0.717, 1.165) is 0 Å². The van der Waals surface area contributed by atoms with Crippen LogP contribution < -0.4 is 5.32 Å². The zero-order chi connectivity index (χ0) is 10.8. The second-order valence-electron chi connectivity index (χ2n) is 4.16. The van der Waals surface area contributed by atoms with Crippen molar-refractivity contribution in [1.82, 2.24) is 5.32 Å². The summed E-state index contributed by atoms with van der Waals surface area (Å²) in [5.74, 6) is -0.195. The van der Waals surface area contributed by atoms with Crippen LogP contribution in [0.3, 0.4) is 0 Å². The lowest BCUT2D eigenvalue weighted by atomic mass is 10.1. The normalized spacial score (nSPS) is 13.7. The largest absolute Gasteiger partial charge is 0.466 e. The number of aliphatic hydroxyl groups is 1. The predicted molar refractivity (Wildman–Crippen MR) is 51.6 cm³/mol. The number of carbonyl (C=O) groups is 1. The molecule has 4 nitrogen and oxygen atoms in total. The zero-order valence-corrected chi connectivity index (χ0v) is 8.57. The summed E-state index contributed by atoms with van der Waals surface area (Å²) < 4.78 is 4.92. The second-order valence-corrected chi connectivity index (χ2v) is 4.16. The molecule has 4 heteroatoms. The molecule has 2 N–H and O–H groups in total. The third-order valence-electron chi connectivity index (χ3n) is 1.56. The second kappa shape index (κ2) is 3.84. The summed E-state index contributed by atoms with van der Waals surface area (Å²) in [7, 11) is 0. The first kappa shape index (κ1) is 10.8. The average Bonchev–Trinajstić information content (AvgIpc) is 2.51. The minimum Gasteiger partial charge on any atom is -0.466 e. The Balaban J connectivity index is 2.63. The van der Waals surface area contributed by atoms with Gasteiger partial charge in [0.1, 0.15) is 5.76 Å². The highest BCUT2D eigenvalue weighted by Gasteiger charge is 2.23. The quantitative estimate of drug-likeness (QED) is 0.749. The van der Waals surface area contributed by atoms with Crippen molar-refractivity contribution in [3.63, 3.8) is 0 Å². The number of rotatable bonds is 2. The SMILES string of the molecule is CC(C)(C)NC(=O)[C@@H](O)c1ccco1. The highest BCUT2D eigenvalue weighted by Crippen LogP contribution is 2.14. The Morgan fingerprint density at radius 1 is 1.57 bits per heavy atom. The number of nitrogens with one attached hydrogen (secondary N) is 1. The Morgan fingerprint density at radius 3 is 2.64 bits per heavy atom. The van der Waals surface area contributed by atoms with E-state index in [1.807, 2.05) is 20.8 Å². The molecule has 1 heterocycles. The first-order chi connectivity index (χ1) is 6.40. The fraction of sp³-hybridized carbons (Fsp3) is 0.500. The van der Waals surface area contributed by atoms with E-state index in [2.05, 4.69) is 5.32 Å². The van der Waals surface area contributed by atoms with Gasteiger partial charge in [-0.25, -0.2) is 0 Å². The minimum absolute atomic E-state index is 0.256. The molecular weight excluding hydrogens is 182 g/mol. The van der Waals surface area contributed by atoms with Gasteiger partial charge in [0, 0.05) is 5.54 Å². The van der Waals surface area contributed by atoms with Crippen LogP contribution in [-0.2, 0) is 4.79 Å². The Bertz CT molecular complexity index is 298. The van der Waals surface area contributed by atoms with Crippen molar-refractivity contribution in [3.8, 4) is 0 Å². The molecule has 0 unspecified atom stereocenters. The summed E-state index contributed by atoms with van der Waals surface area (Å²) in [5.41, 5.74) is -0.356. The highest BCUT2D eigenvalue weighted by molar-refractivity contribution is 5.81. The molecule has 0 saturated carbocycles. The number of carbonyl (C=O) groups excluding carboxylic acids is 1. The van der Waals surface area contributed by atoms with Crippen molar-refractivity contribution >= 4 is 5.91 Å². The lowest BCUT2D eigenvalue weighted by Crippen LogP contribution is -2.43. The Hall–Kier alpha value is -1.29. The zero-order valence-electron chi connectivity index (χ0n) is 8.57. The van der Waals surface area contributed by atoms with Gasteiger partial charge in [-0.05, 0) is 32.9 Å². The van der Waals surface area contributed by atoms with Crippen LogP contribution in [0.25, 0.3) is 0 Å². The third-order valence-corrected chi connectivity index (χ3v) is 1.56. The molecule has 78 valence electrons. The highest BCUT2D eigenvalue weighted by atomic mass is 16.4. The van der Waals surface area contributed by atoms with Gasteiger partial charge in [0.25, 0.3) is 5.91 Å². The molecule has 0 aromatic carbocycles. The Kier molecular flexibility index (Phi) is 2.96. The van der Waals surface area contributed by atoms with Crippen molar-refractivity contribution in [2.45, 2.75) is 32.4 Å². The predicted octanol–water partition coefficient (Wildman–Crippen LogP) is 1.23. The van der Waals surface area contributed by atoms with Crippen molar-refractivity contribution in [2.24, 2.45) is 0 Å². The van der Waals surface area contributed by atoms with Crippen LogP contribution in [0.15, 0.2) is 22.8 Å². The van der Waals surface area contributed by atoms with E-state index < -0.39 is 12.0 Å². The van der Waals surface area contributed by atoms with E-state index in [1.165, 1.54) is 6.26 Å². The van der Waals surface area contributed by atoms with E-state index in [0.29, 0.717) is 0 Å². The molecule has 0 spiro atoms. The molecule has 1 atom stereocenters. The van der Waals surface area contributed by atoms with Gasteiger partial charge in [0.2, 0.25) is 0 Å². The smallest absolute Gasteiger partial charge is 0.257 e. The molecule has 1 aromatic rings. The molecule has 0 aliphatic rings. The van der Waals surface area contributed by atoms with Gasteiger partial charge >= 0.3 is 0 Å². The molecule has 1 rings (SSSR count). The lowest BCUT2D eigenvalue weighted by molar-refractivity contribution is -0.131. The fourth-order valence-electron chi connectivity index (χ4n) is 1.01. The van der Waals surface area contributed by atoms with Crippen molar-refractivity contribution in [1.29, 1.82) is 0 Å². The average molecular weight is 197 g/mol. The number of hydrogen-bond acceptors (Lipinski definition) is 3. The van der Waals surface area contributed by atoms with Gasteiger partial charge in [-0.15, -0.1) is 0 Å². The Morgan fingerprint density at radius 2 is 2.21 bits per heavy atom. The molecule has 0 fully saturated rings. The first-order valence-electron chi connectivity index (χ1n) is 4.43. The van der Waals surface area contributed by atoms with Gasteiger partial charge in [-0.3, -0.25) is 4.79 Å². The standard InChI is InChI=1S/C10H15NO3/c1-10(2,3)11-9(13)8(12)7-5-4-6-14-7/h4-6,8,12H,1-3H3,(H,11,13)/t8-/m0/s1. The van der Waals surface area contributed by atoms with Gasteiger partial charge in [-0.1, -0.05) is 0 Å². The van der Waals surface area contributed by atoms with Crippen LogP contribution in [0.5, 0.6) is 0 Å². The molecule has 0 radical (unpaired) electrons. The van der Waals surface area contributed by atoms with Crippen molar-refractivity contribution in [3.05, 3.63) is 24.2 Å². The molecule has 0 saturated heterocycles. The molecule has 0 aliphatic heterocycles. The maximum absolute atomic E-state index is 11.4. The van der Waals surface area contributed by atoms with Gasteiger partial charge in [0.05, 0.1) is 6.26 Å². The maximum Gasteiger partial charge on any atom is 0.257 e. The summed E-state index contributed by atoms with van der Waals surface area (Å²) in [4.78, 5) is 11.4. The number of hydrogen-bond donors (Lipinski definition) is 2. The van der Waals surface area contributed by atoms with E-state index in [4.69, 9.17) is 4.42 Å². The molecule has 0 bridgehead atoms. The summed E-state index contributed by atoms with van der Waals surface area (Å²) in [6.07, 6.45) is 0.187. The van der Waals surface area contributed by atoms with Crippen molar-refractivity contribution in [2.75, 3.05) is 0 Å². The molecule has 1 amide bonds. The first-order valence-corrected chi connectivity index (χ1v) is 4.43. The molecular formula is C10H15NO3. The van der Waals surface area contributed by atoms with E-state index in [9.17, 15) is 9.90 Å². The topological polar surface area (TPSA) is 62.5 Å². The number of amides is 1. The maximum atomic E-state index is 11.4. The number of furan rings is 1. The molecule has 1 aromatic heterocycles. The minimum atomic E-state index is -1.23. The van der Waals surface area contributed by atoms with Crippen LogP contribution in [0.2, 0.25) is 0 Å². The van der Waals surface area contributed by atoms with Crippen LogP contribution >= 0.6 is 0 Å². The van der Waals surface area contributed by atoms with Crippen LogP contribution in [0, 0.1) is 0 Å². The monoisotopic (exact) mass is 197 g/mol. The van der Waals surface area contributed by atoms with Crippen molar-refractivity contribution < 1.29 is 14.3 Å². The molecule has 0 aliphatic carbocycles. The van der Waals surface area contributed by atoms with Gasteiger partial charge < -0.3 is 14.8 Å². The van der Waals surface area contributed by atoms with Crippen LogP contribution in [0.1, 0.15) is 32.6 Å².